The van der Waals surface area contributed by atoms with Crippen molar-refractivity contribution in [2.24, 2.45) is 11.1 Å². The van der Waals surface area contributed by atoms with E-state index in [0.717, 1.165) is 0 Å². The molecular formula is C11H20N2O4. The summed E-state index contributed by atoms with van der Waals surface area (Å²) in [5.74, 6) is -0.886. The second-order valence-corrected chi connectivity index (χ2v) is 5.10. The summed E-state index contributed by atoms with van der Waals surface area (Å²) in [6.07, 6.45) is -0.524. The maximum absolute atomic E-state index is 11.4. The molecule has 0 aliphatic heterocycles. The highest BCUT2D eigenvalue weighted by molar-refractivity contribution is 5.77. The highest BCUT2D eigenvalue weighted by atomic mass is 16.6. The lowest BCUT2D eigenvalue weighted by Gasteiger charge is -2.24. The lowest BCUT2D eigenvalue weighted by Crippen LogP contribution is -2.41. The van der Waals surface area contributed by atoms with Crippen LogP contribution in [0.5, 0.6) is 0 Å². The Balaban J connectivity index is 4.16. The van der Waals surface area contributed by atoms with Gasteiger partial charge in [0.2, 0.25) is 0 Å². The van der Waals surface area contributed by atoms with E-state index in [4.69, 9.17) is 4.74 Å². The van der Waals surface area contributed by atoms with Crippen LogP contribution in [0.3, 0.4) is 0 Å². The second-order valence-electron chi connectivity index (χ2n) is 5.10. The molecule has 0 rings (SSSR count). The van der Waals surface area contributed by atoms with Crippen LogP contribution < -0.4 is 5.32 Å². The van der Waals surface area contributed by atoms with E-state index < -0.39 is 17.6 Å². The summed E-state index contributed by atoms with van der Waals surface area (Å²) in [7, 11) is 0. The van der Waals surface area contributed by atoms with Crippen LogP contribution in [0.1, 0.15) is 41.0 Å². The number of nitrogens with one attached hydrogen (secondary N) is 1. The molecule has 0 bridgehead atoms. The number of rotatable bonds is 4. The summed E-state index contributed by atoms with van der Waals surface area (Å²) in [6, 6.07) is -0.268. The molecule has 6 heteroatoms. The molecule has 1 N–H and O–H groups in total. The van der Waals surface area contributed by atoms with Crippen molar-refractivity contribution >= 4 is 12.0 Å². The number of hydrogen-bond acceptors (Lipinski definition) is 4. The van der Waals surface area contributed by atoms with Gasteiger partial charge in [-0.2, -0.15) is 0 Å². The van der Waals surface area contributed by atoms with Gasteiger partial charge in [-0.1, -0.05) is 6.92 Å². The Morgan fingerprint density at radius 1 is 1.29 bits per heavy atom. The average molecular weight is 244 g/mol. The van der Waals surface area contributed by atoms with Crippen LogP contribution in [0.25, 0.3) is 0 Å². The first-order valence-corrected chi connectivity index (χ1v) is 5.51. The molecule has 0 aromatic carbocycles. The van der Waals surface area contributed by atoms with Gasteiger partial charge in [-0.3, -0.25) is 4.79 Å². The molecule has 2 unspecified atom stereocenters. The minimum atomic E-state index is -0.713. The van der Waals surface area contributed by atoms with Crippen LogP contribution in [0.4, 0.5) is 4.79 Å². The van der Waals surface area contributed by atoms with Gasteiger partial charge in [0, 0.05) is 17.6 Å². The number of alkyl carbamates (subject to hydrolysis) is 1. The smallest absolute Gasteiger partial charge is 0.407 e. The zero-order valence-electron chi connectivity index (χ0n) is 10.9. The number of amides is 2. The van der Waals surface area contributed by atoms with Gasteiger partial charge in [0.25, 0.3) is 5.91 Å². The van der Waals surface area contributed by atoms with E-state index in [0.29, 0.717) is 0 Å². The Kier molecular flexibility index (Phi) is 5.78. The molecule has 0 aliphatic rings. The van der Waals surface area contributed by atoms with Gasteiger partial charge in [0.05, 0.1) is 0 Å². The molecule has 2 atom stereocenters. The van der Waals surface area contributed by atoms with Gasteiger partial charge in [-0.25, -0.2) is 4.79 Å². The van der Waals surface area contributed by atoms with Gasteiger partial charge in [0.15, 0.2) is 0 Å². The molecule has 98 valence electrons. The lowest BCUT2D eigenvalue weighted by atomic mass is 10.00. The van der Waals surface area contributed by atoms with Gasteiger partial charge in [-0.05, 0) is 33.6 Å². The third-order valence-corrected chi connectivity index (χ3v) is 2.20. The van der Waals surface area contributed by atoms with Gasteiger partial charge in [-0.15, -0.1) is 4.91 Å². The fourth-order valence-electron chi connectivity index (χ4n) is 1.13. The molecule has 0 saturated carbocycles. The number of ether oxygens (including phenoxy) is 1. The SMILES string of the molecule is CC(CC(=O)N=O)C(C)NC(=O)OC(C)(C)C. The van der Waals surface area contributed by atoms with E-state index in [1.54, 1.807) is 34.6 Å². The van der Waals surface area contributed by atoms with Crippen LogP contribution in [-0.2, 0) is 9.53 Å². The van der Waals surface area contributed by atoms with Gasteiger partial charge >= 0.3 is 6.09 Å². The molecule has 0 saturated heterocycles. The fraction of sp³-hybridized carbons (Fsp3) is 0.818. The van der Waals surface area contributed by atoms with E-state index in [9.17, 15) is 14.5 Å². The Labute approximate surface area is 101 Å². The molecule has 17 heavy (non-hydrogen) atoms. The maximum atomic E-state index is 11.4. The lowest BCUT2D eigenvalue weighted by molar-refractivity contribution is -0.118. The second kappa shape index (κ2) is 6.32. The normalized spacial score (nSPS) is 14.6. The number of carbonyl (C=O) groups is 2. The van der Waals surface area contributed by atoms with E-state index in [-0.39, 0.29) is 18.4 Å². The van der Waals surface area contributed by atoms with Crippen molar-refractivity contribution in [2.45, 2.75) is 52.7 Å². The third kappa shape index (κ3) is 7.43. The van der Waals surface area contributed by atoms with Crippen molar-refractivity contribution in [2.75, 3.05) is 0 Å². The Morgan fingerprint density at radius 2 is 1.82 bits per heavy atom. The summed E-state index contributed by atoms with van der Waals surface area (Å²) in [4.78, 5) is 32.2. The molecule has 0 heterocycles. The van der Waals surface area contributed by atoms with Crippen LogP contribution in [0, 0.1) is 10.8 Å². The highest BCUT2D eigenvalue weighted by Gasteiger charge is 2.21. The summed E-state index contributed by atoms with van der Waals surface area (Å²) >= 11 is 0. The van der Waals surface area contributed by atoms with E-state index in [1.807, 2.05) is 0 Å². The summed E-state index contributed by atoms with van der Waals surface area (Å²) in [6.45, 7) is 8.79. The number of nitroso groups, excluding NO2 is 1. The van der Waals surface area contributed by atoms with Crippen LogP contribution in [0.2, 0.25) is 0 Å². The molecular weight excluding hydrogens is 224 g/mol. The maximum Gasteiger partial charge on any atom is 0.407 e. The first-order valence-electron chi connectivity index (χ1n) is 5.51. The minimum absolute atomic E-state index is 0.0143. The molecule has 0 radical (unpaired) electrons. The highest BCUT2D eigenvalue weighted by Crippen LogP contribution is 2.11. The first-order chi connectivity index (χ1) is 7.65. The largest absolute Gasteiger partial charge is 0.444 e. The van der Waals surface area contributed by atoms with Crippen molar-refractivity contribution in [1.82, 2.24) is 5.32 Å². The zero-order chi connectivity index (χ0) is 13.6. The quantitative estimate of drug-likeness (QED) is 0.768. The number of carbonyl (C=O) groups excluding carboxylic acids is 2. The van der Waals surface area contributed by atoms with Crippen molar-refractivity contribution in [1.29, 1.82) is 0 Å². The van der Waals surface area contributed by atoms with Crippen molar-refractivity contribution in [3.05, 3.63) is 4.91 Å². The van der Waals surface area contributed by atoms with E-state index >= 15 is 0 Å². The molecule has 0 aliphatic carbocycles. The number of nitrogens with zero attached hydrogens (tertiary/aromatic N) is 1. The van der Waals surface area contributed by atoms with E-state index in [1.165, 1.54) is 0 Å². The van der Waals surface area contributed by atoms with Crippen LogP contribution in [0.15, 0.2) is 5.18 Å². The van der Waals surface area contributed by atoms with Crippen LogP contribution in [-0.4, -0.2) is 23.6 Å². The predicted octanol–water partition coefficient (Wildman–Crippen LogP) is 2.22. The Hall–Kier alpha value is -1.46. The molecule has 0 spiro atoms. The molecule has 0 aromatic rings. The number of hydrogen-bond donors (Lipinski definition) is 1. The fourth-order valence-corrected chi connectivity index (χ4v) is 1.13. The summed E-state index contributed by atoms with van der Waals surface area (Å²) < 4.78 is 5.07. The Bertz CT molecular complexity index is 296. The molecule has 6 nitrogen and oxygen atoms in total. The standard InChI is InChI=1S/C11H20N2O4/c1-7(6-9(14)13-16)8(2)12-10(15)17-11(3,4)5/h7-8H,6H2,1-5H3,(H,12,15). The van der Waals surface area contributed by atoms with Gasteiger partial charge < -0.3 is 10.1 Å². The average Bonchev–Trinajstić information content (AvgIpc) is 2.14. The first kappa shape index (κ1) is 15.5. The van der Waals surface area contributed by atoms with Crippen molar-refractivity contribution in [3.8, 4) is 0 Å². The van der Waals surface area contributed by atoms with Crippen LogP contribution >= 0.6 is 0 Å². The van der Waals surface area contributed by atoms with E-state index in [2.05, 4.69) is 10.5 Å². The molecule has 2 amide bonds. The predicted molar refractivity (Wildman–Crippen MR) is 63.4 cm³/mol. The molecule has 0 aromatic heterocycles. The summed E-state index contributed by atoms with van der Waals surface area (Å²) in [5, 5.41) is 4.93. The third-order valence-electron chi connectivity index (χ3n) is 2.20. The topological polar surface area (TPSA) is 84.8 Å². The van der Waals surface area contributed by atoms with Crippen molar-refractivity contribution in [3.63, 3.8) is 0 Å². The monoisotopic (exact) mass is 244 g/mol. The minimum Gasteiger partial charge on any atom is -0.444 e. The molecule has 0 fully saturated rings. The summed E-state index contributed by atoms with van der Waals surface area (Å²) in [5.41, 5.74) is -0.562. The zero-order valence-corrected chi connectivity index (χ0v) is 10.9. The van der Waals surface area contributed by atoms with Crippen molar-refractivity contribution < 1.29 is 14.3 Å². The van der Waals surface area contributed by atoms with Gasteiger partial charge in [0.1, 0.15) is 5.60 Å². The Morgan fingerprint density at radius 3 is 2.24 bits per heavy atom.